The van der Waals surface area contributed by atoms with Crippen molar-refractivity contribution in [2.24, 2.45) is 5.73 Å². The minimum atomic E-state index is -0.312. The van der Waals surface area contributed by atoms with Crippen LogP contribution in [-0.4, -0.2) is 0 Å². The predicted octanol–water partition coefficient (Wildman–Crippen LogP) is 4.11. The quantitative estimate of drug-likeness (QED) is 0.790. The van der Waals surface area contributed by atoms with Gasteiger partial charge in [0.25, 0.3) is 0 Å². The van der Waals surface area contributed by atoms with Gasteiger partial charge < -0.3 is 5.73 Å². The molecule has 0 unspecified atom stereocenters. The van der Waals surface area contributed by atoms with Gasteiger partial charge in [-0.2, -0.15) is 0 Å². The van der Waals surface area contributed by atoms with E-state index in [0.717, 1.165) is 31.2 Å². The number of benzene rings is 1. The Morgan fingerprint density at radius 3 is 2.07 bits per heavy atom. The molecule has 1 fully saturated rings. The second kappa shape index (κ2) is 4.32. The molecule has 0 aromatic heterocycles. The van der Waals surface area contributed by atoms with E-state index >= 15 is 0 Å². The highest BCUT2D eigenvalue weighted by atomic mass is 35.5. The highest BCUT2D eigenvalue weighted by Crippen LogP contribution is 2.41. The molecule has 0 saturated heterocycles. The molecule has 1 aromatic carbocycles. The molecule has 1 saturated carbocycles. The summed E-state index contributed by atoms with van der Waals surface area (Å²) in [5.41, 5.74) is 7.04. The molecule has 0 amide bonds. The van der Waals surface area contributed by atoms with E-state index in [2.05, 4.69) is 0 Å². The maximum atomic E-state index is 6.41. The third-order valence-corrected chi connectivity index (χ3v) is 3.84. The number of hydrogen-bond donors (Lipinski definition) is 1. The smallest absolute Gasteiger partial charge is 0.0471 e. The molecule has 0 aliphatic heterocycles. The van der Waals surface area contributed by atoms with Crippen LogP contribution in [0.5, 0.6) is 0 Å². The van der Waals surface area contributed by atoms with Gasteiger partial charge in [-0.3, -0.25) is 0 Å². The van der Waals surface area contributed by atoms with Gasteiger partial charge in [0, 0.05) is 21.1 Å². The monoisotopic (exact) mass is 243 g/mol. The molecule has 0 atom stereocenters. The molecule has 1 aliphatic rings. The standard InChI is InChI=1S/C12H15Cl2N/c13-9-5-4-6-10(14)11(9)12(15)7-2-1-3-8-12/h4-6H,1-3,7-8,15H2. The summed E-state index contributed by atoms with van der Waals surface area (Å²) in [5, 5.41) is 1.40. The summed E-state index contributed by atoms with van der Waals surface area (Å²) in [5.74, 6) is 0. The van der Waals surface area contributed by atoms with Crippen molar-refractivity contribution in [1.82, 2.24) is 0 Å². The van der Waals surface area contributed by atoms with Gasteiger partial charge in [0.2, 0.25) is 0 Å². The predicted molar refractivity (Wildman–Crippen MR) is 65.4 cm³/mol. The van der Waals surface area contributed by atoms with Gasteiger partial charge in [0.15, 0.2) is 0 Å². The van der Waals surface area contributed by atoms with Gasteiger partial charge >= 0.3 is 0 Å². The van der Waals surface area contributed by atoms with E-state index in [1.165, 1.54) is 6.42 Å². The Morgan fingerprint density at radius 1 is 1.00 bits per heavy atom. The van der Waals surface area contributed by atoms with Crippen LogP contribution in [0.1, 0.15) is 37.7 Å². The van der Waals surface area contributed by atoms with E-state index in [4.69, 9.17) is 28.9 Å². The second-order valence-corrected chi connectivity index (χ2v) is 5.13. The normalized spacial score (nSPS) is 20.2. The molecule has 0 bridgehead atoms. The molecule has 0 heterocycles. The van der Waals surface area contributed by atoms with Crippen LogP contribution in [-0.2, 0) is 5.54 Å². The van der Waals surface area contributed by atoms with Crippen LogP contribution >= 0.6 is 23.2 Å². The number of nitrogens with two attached hydrogens (primary N) is 1. The molecule has 2 N–H and O–H groups in total. The zero-order valence-corrected chi connectivity index (χ0v) is 10.1. The van der Waals surface area contributed by atoms with E-state index < -0.39 is 0 Å². The second-order valence-electron chi connectivity index (χ2n) is 4.31. The van der Waals surface area contributed by atoms with Crippen molar-refractivity contribution in [2.45, 2.75) is 37.6 Å². The molecular formula is C12H15Cl2N. The molecule has 3 heteroatoms. The average molecular weight is 244 g/mol. The lowest BCUT2D eigenvalue weighted by molar-refractivity contribution is 0.302. The summed E-state index contributed by atoms with van der Waals surface area (Å²) in [7, 11) is 0. The first-order valence-electron chi connectivity index (χ1n) is 5.37. The zero-order chi connectivity index (χ0) is 10.9. The van der Waals surface area contributed by atoms with Gasteiger partial charge in [-0.1, -0.05) is 48.5 Å². The Balaban J connectivity index is 2.42. The van der Waals surface area contributed by atoms with Crippen LogP contribution in [0.3, 0.4) is 0 Å². The molecular weight excluding hydrogens is 229 g/mol. The third-order valence-electron chi connectivity index (χ3n) is 3.21. The first-order chi connectivity index (χ1) is 7.13. The minimum absolute atomic E-state index is 0.312. The molecule has 1 nitrogen and oxygen atoms in total. The Morgan fingerprint density at radius 2 is 1.53 bits per heavy atom. The van der Waals surface area contributed by atoms with Crippen molar-refractivity contribution in [2.75, 3.05) is 0 Å². The van der Waals surface area contributed by atoms with Gasteiger partial charge in [0.05, 0.1) is 0 Å². The first kappa shape index (κ1) is 11.3. The van der Waals surface area contributed by atoms with E-state index in [9.17, 15) is 0 Å². The van der Waals surface area contributed by atoms with Gasteiger partial charge in [-0.05, 0) is 25.0 Å². The average Bonchev–Trinajstić information content (AvgIpc) is 2.18. The topological polar surface area (TPSA) is 26.0 Å². The molecule has 1 aromatic rings. The van der Waals surface area contributed by atoms with E-state index in [1.54, 1.807) is 0 Å². The van der Waals surface area contributed by atoms with Gasteiger partial charge in [0.1, 0.15) is 0 Å². The maximum Gasteiger partial charge on any atom is 0.0471 e. The van der Waals surface area contributed by atoms with Gasteiger partial charge in [-0.15, -0.1) is 0 Å². The molecule has 0 radical (unpaired) electrons. The van der Waals surface area contributed by atoms with Crippen molar-refractivity contribution in [3.63, 3.8) is 0 Å². The lowest BCUT2D eigenvalue weighted by Crippen LogP contribution is -2.39. The number of hydrogen-bond acceptors (Lipinski definition) is 1. The van der Waals surface area contributed by atoms with Crippen LogP contribution in [0.4, 0.5) is 0 Å². The number of rotatable bonds is 1. The summed E-state index contributed by atoms with van der Waals surface area (Å²) >= 11 is 12.4. The van der Waals surface area contributed by atoms with Crippen molar-refractivity contribution in [1.29, 1.82) is 0 Å². The Kier molecular flexibility index (Phi) is 3.24. The lowest BCUT2D eigenvalue weighted by Gasteiger charge is -2.35. The Hall–Kier alpha value is -0.240. The molecule has 15 heavy (non-hydrogen) atoms. The van der Waals surface area contributed by atoms with Crippen LogP contribution in [0.25, 0.3) is 0 Å². The fourth-order valence-electron chi connectivity index (χ4n) is 2.41. The fraction of sp³-hybridized carbons (Fsp3) is 0.500. The summed E-state index contributed by atoms with van der Waals surface area (Å²) in [6, 6.07) is 5.60. The van der Waals surface area contributed by atoms with Crippen LogP contribution in [0.15, 0.2) is 18.2 Å². The van der Waals surface area contributed by atoms with E-state index in [1.807, 2.05) is 18.2 Å². The molecule has 2 rings (SSSR count). The first-order valence-corrected chi connectivity index (χ1v) is 6.12. The number of halogens is 2. The van der Waals surface area contributed by atoms with Crippen molar-refractivity contribution >= 4 is 23.2 Å². The van der Waals surface area contributed by atoms with E-state index in [-0.39, 0.29) is 5.54 Å². The van der Waals surface area contributed by atoms with Crippen LogP contribution in [0.2, 0.25) is 10.0 Å². The van der Waals surface area contributed by atoms with Crippen molar-refractivity contribution < 1.29 is 0 Å². The SMILES string of the molecule is NC1(c2c(Cl)cccc2Cl)CCCCC1. The zero-order valence-electron chi connectivity index (χ0n) is 8.60. The largest absolute Gasteiger partial charge is 0.321 e. The summed E-state index contributed by atoms with van der Waals surface area (Å²) in [4.78, 5) is 0. The summed E-state index contributed by atoms with van der Waals surface area (Å²) < 4.78 is 0. The van der Waals surface area contributed by atoms with E-state index in [0.29, 0.717) is 10.0 Å². The Bertz CT molecular complexity index is 336. The van der Waals surface area contributed by atoms with Crippen molar-refractivity contribution in [3.05, 3.63) is 33.8 Å². The Labute approximate surface area is 101 Å². The minimum Gasteiger partial charge on any atom is -0.321 e. The maximum absolute atomic E-state index is 6.41. The molecule has 1 aliphatic carbocycles. The highest BCUT2D eigenvalue weighted by molar-refractivity contribution is 6.36. The highest BCUT2D eigenvalue weighted by Gasteiger charge is 2.32. The van der Waals surface area contributed by atoms with Crippen LogP contribution < -0.4 is 5.73 Å². The fourth-order valence-corrected chi connectivity index (χ4v) is 3.18. The summed E-state index contributed by atoms with van der Waals surface area (Å²) in [6.45, 7) is 0. The van der Waals surface area contributed by atoms with Gasteiger partial charge in [-0.25, -0.2) is 0 Å². The lowest BCUT2D eigenvalue weighted by atomic mass is 9.77. The van der Waals surface area contributed by atoms with Crippen molar-refractivity contribution in [3.8, 4) is 0 Å². The third kappa shape index (κ3) is 2.15. The summed E-state index contributed by atoms with van der Waals surface area (Å²) in [6.07, 6.45) is 5.56. The molecule has 82 valence electrons. The molecule has 0 spiro atoms. The van der Waals surface area contributed by atoms with Crippen LogP contribution in [0, 0.1) is 0 Å².